The van der Waals surface area contributed by atoms with Crippen molar-refractivity contribution in [3.05, 3.63) is 41.8 Å². The van der Waals surface area contributed by atoms with E-state index >= 15 is 0 Å². The number of rotatable bonds is 7. The maximum atomic E-state index is 13.7. The number of unbranched alkanes of at least 4 members (excludes halogenated alkanes) is 1. The Balaban J connectivity index is 2.37. The number of carbonyl (C=O) groups is 1. The number of halogens is 1. The Morgan fingerprint density at radius 2 is 2.00 bits per heavy atom. The molecule has 2 rings (SSSR count). The number of amides is 1. The molecule has 1 amide bonds. The molecule has 0 radical (unpaired) electrons. The number of hydrogen-bond acceptors (Lipinski definition) is 2. The van der Waals surface area contributed by atoms with Gasteiger partial charge < -0.3 is 5.32 Å². The number of benzene rings is 1. The molecule has 142 valence electrons. The van der Waals surface area contributed by atoms with Gasteiger partial charge in [-0.15, -0.1) is 0 Å². The van der Waals surface area contributed by atoms with Gasteiger partial charge in [0.1, 0.15) is 11.6 Å². The molecular weight excluding hydrogens is 329 g/mol. The van der Waals surface area contributed by atoms with Gasteiger partial charge in [-0.1, -0.05) is 53.5 Å². The average molecular weight is 359 g/mol. The number of anilines is 1. The molecule has 1 aromatic carbocycles. The summed E-state index contributed by atoms with van der Waals surface area (Å²) < 4.78 is 15.3. The Bertz CT molecular complexity index is 746. The summed E-state index contributed by atoms with van der Waals surface area (Å²) >= 11 is 0. The van der Waals surface area contributed by atoms with E-state index in [-0.39, 0.29) is 23.1 Å². The van der Waals surface area contributed by atoms with Crippen LogP contribution in [0.15, 0.2) is 30.3 Å². The van der Waals surface area contributed by atoms with Crippen molar-refractivity contribution in [2.75, 3.05) is 5.32 Å². The first-order valence-electron chi connectivity index (χ1n) is 9.43. The highest BCUT2D eigenvalue weighted by Gasteiger charge is 2.23. The lowest BCUT2D eigenvalue weighted by molar-refractivity contribution is -0.120. The topological polar surface area (TPSA) is 46.9 Å². The van der Waals surface area contributed by atoms with Crippen LogP contribution in [0.25, 0.3) is 5.69 Å². The van der Waals surface area contributed by atoms with Gasteiger partial charge >= 0.3 is 0 Å². The minimum atomic E-state index is -0.332. The predicted molar refractivity (Wildman–Crippen MR) is 104 cm³/mol. The van der Waals surface area contributed by atoms with E-state index in [0.717, 1.165) is 31.4 Å². The molecule has 1 N–H and O–H groups in total. The van der Waals surface area contributed by atoms with E-state index in [1.54, 1.807) is 16.8 Å². The summed E-state index contributed by atoms with van der Waals surface area (Å²) in [5, 5.41) is 7.65. The lowest BCUT2D eigenvalue weighted by Crippen LogP contribution is -2.23. The summed E-state index contributed by atoms with van der Waals surface area (Å²) in [6.45, 7) is 10.3. The molecule has 2 aromatic rings. The Morgan fingerprint density at radius 1 is 1.27 bits per heavy atom. The van der Waals surface area contributed by atoms with Crippen LogP contribution < -0.4 is 5.32 Å². The largest absolute Gasteiger partial charge is 0.310 e. The molecule has 0 saturated heterocycles. The quantitative estimate of drug-likeness (QED) is 0.713. The van der Waals surface area contributed by atoms with Crippen LogP contribution in [0.1, 0.15) is 66.0 Å². The molecule has 0 unspecified atom stereocenters. The summed E-state index contributed by atoms with van der Waals surface area (Å²) in [5.41, 5.74) is 1.26. The Morgan fingerprint density at radius 3 is 2.58 bits per heavy atom. The highest BCUT2D eigenvalue weighted by atomic mass is 19.1. The second-order valence-electron chi connectivity index (χ2n) is 7.79. The van der Waals surface area contributed by atoms with Crippen molar-refractivity contribution in [3.8, 4) is 5.69 Å². The van der Waals surface area contributed by atoms with Gasteiger partial charge in [-0.3, -0.25) is 4.79 Å². The van der Waals surface area contributed by atoms with Gasteiger partial charge in [-0.2, -0.15) is 5.10 Å². The van der Waals surface area contributed by atoms with Gasteiger partial charge in [-0.05, 0) is 31.0 Å². The fraction of sp³-hybridized carbons (Fsp3) is 0.524. The van der Waals surface area contributed by atoms with Crippen molar-refractivity contribution in [1.29, 1.82) is 0 Å². The van der Waals surface area contributed by atoms with Crippen molar-refractivity contribution in [2.24, 2.45) is 5.92 Å². The van der Waals surface area contributed by atoms with E-state index in [1.807, 2.05) is 13.0 Å². The first-order chi connectivity index (χ1) is 12.3. The van der Waals surface area contributed by atoms with Gasteiger partial charge in [0.25, 0.3) is 0 Å². The minimum absolute atomic E-state index is 0.000961. The third kappa shape index (κ3) is 4.93. The van der Waals surface area contributed by atoms with Crippen LogP contribution in [0.2, 0.25) is 0 Å². The van der Waals surface area contributed by atoms with Crippen LogP contribution in [-0.2, 0) is 10.2 Å². The van der Waals surface area contributed by atoms with Crippen molar-refractivity contribution < 1.29 is 9.18 Å². The molecule has 5 heteroatoms. The third-order valence-electron chi connectivity index (χ3n) is 4.55. The smallest absolute Gasteiger partial charge is 0.228 e. The molecule has 0 aliphatic carbocycles. The lowest BCUT2D eigenvalue weighted by atomic mass is 9.92. The Labute approximate surface area is 155 Å². The second-order valence-corrected chi connectivity index (χ2v) is 7.79. The first-order valence-corrected chi connectivity index (χ1v) is 9.43. The molecule has 1 atom stereocenters. The molecule has 0 spiro atoms. The molecule has 0 bridgehead atoms. The Kier molecular flexibility index (Phi) is 6.57. The van der Waals surface area contributed by atoms with Crippen molar-refractivity contribution in [2.45, 2.75) is 65.7 Å². The van der Waals surface area contributed by atoms with E-state index in [0.29, 0.717) is 11.5 Å². The molecule has 0 aliphatic rings. The maximum Gasteiger partial charge on any atom is 0.228 e. The number of nitrogens with zero attached hydrogens (tertiary/aromatic N) is 2. The number of nitrogens with one attached hydrogen (secondary N) is 1. The first kappa shape index (κ1) is 20.1. The summed E-state index contributed by atoms with van der Waals surface area (Å²) in [7, 11) is 0. The van der Waals surface area contributed by atoms with E-state index in [9.17, 15) is 9.18 Å². The zero-order valence-electron chi connectivity index (χ0n) is 16.5. The van der Waals surface area contributed by atoms with Crippen LogP contribution in [0.4, 0.5) is 10.2 Å². The van der Waals surface area contributed by atoms with E-state index in [2.05, 4.69) is 38.1 Å². The summed E-state index contributed by atoms with van der Waals surface area (Å²) in [6, 6.07) is 8.13. The zero-order valence-corrected chi connectivity index (χ0v) is 16.5. The van der Waals surface area contributed by atoms with Gasteiger partial charge in [0.05, 0.1) is 11.4 Å². The van der Waals surface area contributed by atoms with Gasteiger partial charge in [0.2, 0.25) is 5.91 Å². The summed E-state index contributed by atoms with van der Waals surface area (Å²) in [6.07, 6.45) is 3.77. The molecule has 1 aromatic heterocycles. The van der Waals surface area contributed by atoms with Crippen molar-refractivity contribution in [1.82, 2.24) is 9.78 Å². The van der Waals surface area contributed by atoms with Crippen LogP contribution in [-0.4, -0.2) is 15.7 Å². The molecule has 26 heavy (non-hydrogen) atoms. The molecule has 1 heterocycles. The molecule has 0 aliphatic heterocycles. The zero-order chi connectivity index (χ0) is 19.3. The standard InChI is InChI=1S/C21H30FN3O/c1-6-8-10-15(7-2)20(26)23-19-14-18(21(3,4)5)24-25(19)17-12-9-11-16(22)13-17/h9,11-15H,6-8,10H2,1-5H3,(H,23,26)/t15-/m1/s1. The monoisotopic (exact) mass is 359 g/mol. The van der Waals surface area contributed by atoms with E-state index in [4.69, 9.17) is 0 Å². The fourth-order valence-electron chi connectivity index (χ4n) is 2.84. The van der Waals surface area contributed by atoms with Crippen molar-refractivity contribution in [3.63, 3.8) is 0 Å². The van der Waals surface area contributed by atoms with Crippen LogP contribution >= 0.6 is 0 Å². The van der Waals surface area contributed by atoms with Crippen LogP contribution in [0.3, 0.4) is 0 Å². The highest BCUT2D eigenvalue weighted by Crippen LogP contribution is 2.27. The van der Waals surface area contributed by atoms with Gasteiger partial charge in [0.15, 0.2) is 0 Å². The van der Waals surface area contributed by atoms with Crippen molar-refractivity contribution >= 4 is 11.7 Å². The van der Waals surface area contributed by atoms with Crippen LogP contribution in [0.5, 0.6) is 0 Å². The molecular formula is C21H30FN3O. The average Bonchev–Trinajstić information content (AvgIpc) is 2.99. The normalized spacial score (nSPS) is 12.8. The predicted octanol–water partition coefficient (Wildman–Crippen LogP) is 5.46. The maximum absolute atomic E-state index is 13.7. The minimum Gasteiger partial charge on any atom is -0.310 e. The number of carbonyl (C=O) groups excluding carboxylic acids is 1. The summed E-state index contributed by atoms with van der Waals surface area (Å²) in [5.74, 6) is 0.227. The fourth-order valence-corrected chi connectivity index (χ4v) is 2.84. The van der Waals surface area contributed by atoms with Crippen LogP contribution in [0, 0.1) is 11.7 Å². The molecule has 0 saturated carbocycles. The molecule has 0 fully saturated rings. The summed E-state index contributed by atoms with van der Waals surface area (Å²) in [4.78, 5) is 12.7. The van der Waals surface area contributed by atoms with Gasteiger partial charge in [-0.25, -0.2) is 9.07 Å². The van der Waals surface area contributed by atoms with Gasteiger partial charge in [0, 0.05) is 17.4 Å². The number of hydrogen-bond donors (Lipinski definition) is 1. The van der Waals surface area contributed by atoms with E-state index < -0.39 is 0 Å². The second kappa shape index (κ2) is 8.47. The highest BCUT2D eigenvalue weighted by molar-refractivity contribution is 5.92. The Hall–Kier alpha value is -2.17. The number of aromatic nitrogens is 2. The third-order valence-corrected chi connectivity index (χ3v) is 4.55. The van der Waals surface area contributed by atoms with E-state index in [1.165, 1.54) is 12.1 Å². The SMILES string of the molecule is CCCC[C@@H](CC)C(=O)Nc1cc(C(C)(C)C)nn1-c1cccc(F)c1. The lowest BCUT2D eigenvalue weighted by Gasteiger charge is -2.15. The molecule has 4 nitrogen and oxygen atoms in total.